The van der Waals surface area contributed by atoms with Crippen LogP contribution in [-0.2, 0) is 16.1 Å². The van der Waals surface area contributed by atoms with Crippen molar-refractivity contribution >= 4 is 40.2 Å². The van der Waals surface area contributed by atoms with Gasteiger partial charge in [-0.25, -0.2) is 4.98 Å². The molecular formula is C18H15ClN2O3S. The van der Waals surface area contributed by atoms with Crippen LogP contribution in [0.1, 0.15) is 5.56 Å². The Morgan fingerprint density at radius 3 is 2.68 bits per heavy atom. The van der Waals surface area contributed by atoms with Gasteiger partial charge in [0.05, 0.1) is 30.3 Å². The van der Waals surface area contributed by atoms with Gasteiger partial charge in [0.2, 0.25) is 0 Å². The van der Waals surface area contributed by atoms with Crippen molar-refractivity contribution in [3.05, 3.63) is 69.5 Å². The smallest absolute Gasteiger partial charge is 0.316 e. The van der Waals surface area contributed by atoms with E-state index in [2.05, 4.69) is 9.72 Å². The van der Waals surface area contributed by atoms with Crippen molar-refractivity contribution < 1.29 is 9.53 Å². The van der Waals surface area contributed by atoms with Crippen LogP contribution in [0.2, 0.25) is 5.02 Å². The average molecular weight is 375 g/mol. The van der Waals surface area contributed by atoms with Crippen LogP contribution >= 0.6 is 23.4 Å². The molecule has 5 nitrogen and oxygen atoms in total. The molecule has 0 spiro atoms. The van der Waals surface area contributed by atoms with Crippen LogP contribution in [0.4, 0.5) is 0 Å². The van der Waals surface area contributed by atoms with Gasteiger partial charge in [-0.1, -0.05) is 53.7 Å². The van der Waals surface area contributed by atoms with E-state index >= 15 is 0 Å². The first-order chi connectivity index (χ1) is 12.1. The second-order valence-corrected chi connectivity index (χ2v) is 6.61. The van der Waals surface area contributed by atoms with Gasteiger partial charge >= 0.3 is 5.97 Å². The Balaban J connectivity index is 2.09. The zero-order valence-electron chi connectivity index (χ0n) is 13.4. The van der Waals surface area contributed by atoms with E-state index in [1.165, 1.54) is 23.4 Å². The lowest BCUT2D eigenvalue weighted by atomic mass is 10.2. The van der Waals surface area contributed by atoms with Crippen LogP contribution in [0.25, 0.3) is 10.9 Å². The summed E-state index contributed by atoms with van der Waals surface area (Å²) in [6.45, 7) is 0.278. The summed E-state index contributed by atoms with van der Waals surface area (Å²) in [5, 5.41) is 1.55. The third-order valence-corrected chi connectivity index (χ3v) is 4.98. The molecule has 0 fully saturated rings. The Labute approximate surface area is 153 Å². The Morgan fingerprint density at radius 1 is 1.20 bits per heavy atom. The number of fused-ring (bicyclic) bond motifs is 1. The lowest BCUT2D eigenvalue weighted by Gasteiger charge is -2.13. The van der Waals surface area contributed by atoms with E-state index < -0.39 is 0 Å². The van der Waals surface area contributed by atoms with Crippen molar-refractivity contribution in [2.45, 2.75) is 11.7 Å². The molecule has 0 N–H and O–H groups in total. The first kappa shape index (κ1) is 17.5. The summed E-state index contributed by atoms with van der Waals surface area (Å²) >= 11 is 7.40. The van der Waals surface area contributed by atoms with Crippen molar-refractivity contribution in [1.82, 2.24) is 9.55 Å². The van der Waals surface area contributed by atoms with Crippen LogP contribution in [0.15, 0.2) is 58.5 Å². The Hall–Kier alpha value is -2.31. The van der Waals surface area contributed by atoms with Gasteiger partial charge in [-0.15, -0.1) is 0 Å². The van der Waals surface area contributed by atoms with Crippen molar-refractivity contribution in [1.29, 1.82) is 0 Å². The number of rotatable bonds is 5. The molecule has 25 heavy (non-hydrogen) atoms. The first-order valence-corrected chi connectivity index (χ1v) is 8.89. The molecule has 1 aromatic heterocycles. The molecule has 0 unspecified atom stereocenters. The quantitative estimate of drug-likeness (QED) is 0.389. The van der Waals surface area contributed by atoms with Crippen molar-refractivity contribution in [3.8, 4) is 0 Å². The van der Waals surface area contributed by atoms with Gasteiger partial charge in [-0.05, 0) is 23.8 Å². The number of methoxy groups -OCH3 is 1. The molecule has 0 aliphatic carbocycles. The molecule has 0 aliphatic heterocycles. The number of halogens is 1. The van der Waals surface area contributed by atoms with E-state index in [0.717, 1.165) is 5.56 Å². The number of carbonyl (C=O) groups excluding carboxylic acids is 1. The van der Waals surface area contributed by atoms with Crippen LogP contribution in [-0.4, -0.2) is 28.4 Å². The predicted molar refractivity (Wildman–Crippen MR) is 99.3 cm³/mol. The zero-order valence-corrected chi connectivity index (χ0v) is 15.0. The number of thioether (sulfide) groups is 1. The molecule has 0 atom stereocenters. The molecule has 2 aromatic carbocycles. The van der Waals surface area contributed by atoms with E-state index in [9.17, 15) is 9.59 Å². The number of hydrogen-bond acceptors (Lipinski definition) is 5. The molecule has 1 heterocycles. The Morgan fingerprint density at radius 2 is 1.92 bits per heavy atom. The Bertz CT molecular complexity index is 987. The average Bonchev–Trinajstić information content (AvgIpc) is 2.64. The van der Waals surface area contributed by atoms with E-state index in [4.69, 9.17) is 11.6 Å². The number of hydrogen-bond donors (Lipinski definition) is 0. The van der Waals surface area contributed by atoms with Crippen molar-refractivity contribution in [2.24, 2.45) is 0 Å². The minimum Gasteiger partial charge on any atom is -0.468 e. The predicted octanol–water partition coefficient (Wildman–Crippen LogP) is 3.36. The number of carbonyl (C=O) groups is 1. The number of nitrogens with zero attached hydrogens (tertiary/aromatic N) is 2. The highest BCUT2D eigenvalue weighted by Gasteiger charge is 2.14. The molecule has 0 saturated carbocycles. The van der Waals surface area contributed by atoms with Crippen LogP contribution < -0.4 is 5.56 Å². The molecule has 3 aromatic rings. The summed E-state index contributed by atoms with van der Waals surface area (Å²) in [4.78, 5) is 29.0. The minimum absolute atomic E-state index is 0.0732. The normalized spacial score (nSPS) is 10.8. The summed E-state index contributed by atoms with van der Waals surface area (Å²) in [7, 11) is 1.33. The van der Waals surface area contributed by atoms with E-state index in [0.29, 0.717) is 21.1 Å². The second-order valence-electron chi connectivity index (χ2n) is 5.26. The summed E-state index contributed by atoms with van der Waals surface area (Å²) in [6, 6.07) is 14.5. The van der Waals surface area contributed by atoms with Crippen LogP contribution in [0.5, 0.6) is 0 Å². The molecule has 0 aliphatic rings. The van der Waals surface area contributed by atoms with E-state index in [1.54, 1.807) is 24.3 Å². The number of para-hydroxylation sites is 1. The fraction of sp³-hybridized carbons (Fsp3) is 0.167. The van der Waals surface area contributed by atoms with Gasteiger partial charge in [0, 0.05) is 5.02 Å². The fourth-order valence-electron chi connectivity index (χ4n) is 2.38. The van der Waals surface area contributed by atoms with Crippen molar-refractivity contribution in [3.63, 3.8) is 0 Å². The Kier molecular flexibility index (Phi) is 5.40. The van der Waals surface area contributed by atoms with Gasteiger partial charge in [0.15, 0.2) is 5.16 Å². The summed E-state index contributed by atoms with van der Waals surface area (Å²) < 4.78 is 6.21. The zero-order chi connectivity index (χ0) is 17.8. The molecular weight excluding hydrogens is 360 g/mol. The monoisotopic (exact) mass is 374 g/mol. The highest BCUT2D eigenvalue weighted by atomic mass is 35.5. The topological polar surface area (TPSA) is 61.2 Å². The van der Waals surface area contributed by atoms with Gasteiger partial charge in [-0.3, -0.25) is 14.2 Å². The number of benzene rings is 2. The third kappa shape index (κ3) is 3.86. The van der Waals surface area contributed by atoms with Gasteiger partial charge in [0.25, 0.3) is 5.56 Å². The van der Waals surface area contributed by atoms with Gasteiger partial charge in [-0.2, -0.15) is 0 Å². The summed E-state index contributed by atoms with van der Waals surface area (Å²) in [6.07, 6.45) is 0. The molecule has 7 heteroatoms. The highest BCUT2D eigenvalue weighted by Crippen LogP contribution is 2.21. The van der Waals surface area contributed by atoms with Crippen LogP contribution in [0.3, 0.4) is 0 Å². The molecule has 0 radical (unpaired) electrons. The second kappa shape index (κ2) is 7.72. The molecule has 0 bridgehead atoms. The maximum absolute atomic E-state index is 12.9. The minimum atomic E-state index is -0.378. The first-order valence-electron chi connectivity index (χ1n) is 7.52. The van der Waals surface area contributed by atoms with Gasteiger partial charge < -0.3 is 4.74 Å². The van der Waals surface area contributed by atoms with E-state index in [-0.39, 0.29) is 23.8 Å². The van der Waals surface area contributed by atoms with E-state index in [1.807, 2.05) is 24.3 Å². The summed E-state index contributed by atoms with van der Waals surface area (Å²) in [5.41, 5.74) is 1.23. The molecule has 128 valence electrons. The maximum atomic E-state index is 12.9. The number of aromatic nitrogens is 2. The molecule has 0 amide bonds. The molecule has 0 saturated heterocycles. The number of ether oxygens (including phenoxy) is 1. The SMILES string of the molecule is COC(=O)CSc1nc2ccccc2c(=O)n1Cc1ccccc1Cl. The van der Waals surface area contributed by atoms with Crippen LogP contribution in [0, 0.1) is 0 Å². The lowest BCUT2D eigenvalue weighted by Crippen LogP contribution is -2.24. The third-order valence-electron chi connectivity index (χ3n) is 3.66. The highest BCUT2D eigenvalue weighted by molar-refractivity contribution is 7.99. The fourth-order valence-corrected chi connectivity index (χ4v) is 3.40. The summed E-state index contributed by atoms with van der Waals surface area (Å²) in [5.74, 6) is -0.305. The number of esters is 1. The lowest BCUT2D eigenvalue weighted by molar-refractivity contribution is -0.137. The molecule has 3 rings (SSSR count). The standard InChI is InChI=1S/C18H15ClN2O3S/c1-24-16(22)11-25-18-20-15-9-5-3-7-13(15)17(23)21(18)10-12-6-2-4-8-14(12)19/h2-9H,10-11H2,1H3. The van der Waals surface area contributed by atoms with Crippen molar-refractivity contribution in [2.75, 3.05) is 12.9 Å². The maximum Gasteiger partial charge on any atom is 0.316 e. The van der Waals surface area contributed by atoms with Gasteiger partial charge in [0.1, 0.15) is 0 Å². The largest absolute Gasteiger partial charge is 0.468 e.